The summed E-state index contributed by atoms with van der Waals surface area (Å²) in [5.41, 5.74) is 1.96. The van der Waals surface area contributed by atoms with Gasteiger partial charge in [0.25, 0.3) is 0 Å². The normalized spacial score (nSPS) is 16.6. The van der Waals surface area contributed by atoms with Crippen LogP contribution in [0.4, 0.5) is 0 Å². The van der Waals surface area contributed by atoms with Gasteiger partial charge in [-0.25, -0.2) is 4.21 Å². The van der Waals surface area contributed by atoms with Crippen molar-refractivity contribution in [3.05, 3.63) is 29.3 Å². The average Bonchev–Trinajstić information content (AvgIpc) is 2.59. The molecule has 1 aliphatic rings. The monoisotopic (exact) mass is 255 g/mol. The van der Waals surface area contributed by atoms with Gasteiger partial charge in [-0.2, -0.15) is 0 Å². The van der Waals surface area contributed by atoms with E-state index in [4.69, 9.17) is 9.29 Å². The maximum atomic E-state index is 10.9. The second kappa shape index (κ2) is 4.95. The number of esters is 1. The molecular formula is C11H13NO4S. The molecule has 0 amide bonds. The van der Waals surface area contributed by atoms with Crippen molar-refractivity contribution < 1.29 is 18.3 Å². The number of ether oxygens (including phenoxy) is 1. The summed E-state index contributed by atoms with van der Waals surface area (Å²) < 4.78 is 24.7. The van der Waals surface area contributed by atoms with Crippen molar-refractivity contribution in [2.45, 2.75) is 20.0 Å². The Labute approximate surface area is 102 Å². The van der Waals surface area contributed by atoms with E-state index < -0.39 is 11.1 Å². The van der Waals surface area contributed by atoms with Crippen molar-refractivity contribution in [1.82, 2.24) is 4.90 Å². The van der Waals surface area contributed by atoms with Gasteiger partial charge in [0.2, 0.25) is 0 Å². The van der Waals surface area contributed by atoms with Crippen LogP contribution in [0.25, 0.3) is 0 Å². The molecule has 2 rings (SSSR count). The van der Waals surface area contributed by atoms with E-state index in [-0.39, 0.29) is 11.8 Å². The van der Waals surface area contributed by atoms with Crippen LogP contribution in [0, 0.1) is 0 Å². The number of hydrogen-bond acceptors (Lipinski definition) is 4. The Kier molecular flexibility index (Phi) is 3.56. The van der Waals surface area contributed by atoms with Crippen LogP contribution in [0.3, 0.4) is 0 Å². The number of carbonyl (C=O) groups is 1. The molecule has 0 aromatic heterocycles. The van der Waals surface area contributed by atoms with Crippen molar-refractivity contribution >= 4 is 17.0 Å². The highest BCUT2D eigenvalue weighted by Crippen LogP contribution is 2.30. The molecule has 92 valence electrons. The summed E-state index contributed by atoms with van der Waals surface area (Å²) in [6.45, 7) is 2.50. The zero-order chi connectivity index (χ0) is 12.4. The van der Waals surface area contributed by atoms with Crippen molar-refractivity contribution in [2.24, 2.45) is 0 Å². The molecule has 17 heavy (non-hydrogen) atoms. The third-order valence-electron chi connectivity index (χ3n) is 2.55. The second-order valence-corrected chi connectivity index (χ2v) is 4.83. The fourth-order valence-electron chi connectivity index (χ4n) is 1.96. The summed E-state index contributed by atoms with van der Waals surface area (Å²) in [7, 11) is 0. The lowest BCUT2D eigenvalue weighted by Crippen LogP contribution is -2.20. The van der Waals surface area contributed by atoms with Gasteiger partial charge in [-0.3, -0.25) is 9.69 Å². The molecule has 0 bridgehead atoms. The molecule has 0 aliphatic carbocycles. The van der Waals surface area contributed by atoms with E-state index in [1.165, 1.54) is 6.92 Å². The van der Waals surface area contributed by atoms with Crippen molar-refractivity contribution in [1.29, 1.82) is 0 Å². The van der Waals surface area contributed by atoms with Crippen LogP contribution in [0.2, 0.25) is 0 Å². The summed E-state index contributed by atoms with van der Waals surface area (Å²) in [6.07, 6.45) is 0. The maximum absolute atomic E-state index is 10.9. The predicted octanol–water partition coefficient (Wildman–Crippen LogP) is 1.11. The van der Waals surface area contributed by atoms with Gasteiger partial charge in [-0.05, 0) is 11.6 Å². The van der Waals surface area contributed by atoms with Gasteiger partial charge >= 0.3 is 5.97 Å². The molecule has 0 fully saturated rings. The van der Waals surface area contributed by atoms with Crippen LogP contribution in [0.5, 0.6) is 5.75 Å². The average molecular weight is 255 g/mol. The summed E-state index contributed by atoms with van der Waals surface area (Å²) in [5, 5.41) is 0. The molecule has 1 atom stereocenters. The minimum absolute atomic E-state index is 0.105. The summed E-state index contributed by atoms with van der Waals surface area (Å²) in [4.78, 5) is 12.8. The van der Waals surface area contributed by atoms with Crippen molar-refractivity contribution in [3.63, 3.8) is 0 Å². The predicted molar refractivity (Wildman–Crippen MR) is 62.6 cm³/mol. The Hall–Kier alpha value is -1.24. The van der Waals surface area contributed by atoms with E-state index in [9.17, 15) is 9.00 Å². The first-order valence-electron chi connectivity index (χ1n) is 5.15. The first-order chi connectivity index (χ1) is 8.06. The van der Waals surface area contributed by atoms with Crippen molar-refractivity contribution in [2.75, 3.05) is 5.88 Å². The summed E-state index contributed by atoms with van der Waals surface area (Å²) in [6, 6.07) is 5.48. The molecule has 5 nitrogen and oxygen atoms in total. The number of benzene rings is 1. The lowest BCUT2D eigenvalue weighted by molar-refractivity contribution is -0.131. The minimum atomic E-state index is -1.84. The van der Waals surface area contributed by atoms with Crippen LogP contribution in [0.1, 0.15) is 18.1 Å². The van der Waals surface area contributed by atoms with Crippen LogP contribution in [-0.4, -0.2) is 25.5 Å². The number of carbonyl (C=O) groups excluding carboxylic acids is 1. The third-order valence-corrected chi connectivity index (χ3v) is 3.14. The van der Waals surface area contributed by atoms with E-state index in [2.05, 4.69) is 0 Å². The zero-order valence-electron chi connectivity index (χ0n) is 9.38. The number of fused-ring (bicyclic) bond motifs is 1. The highest BCUT2D eigenvalue weighted by molar-refractivity contribution is 7.79. The van der Waals surface area contributed by atoms with Crippen molar-refractivity contribution in [3.8, 4) is 5.75 Å². The Morgan fingerprint density at radius 2 is 2.29 bits per heavy atom. The van der Waals surface area contributed by atoms with Crippen LogP contribution < -0.4 is 4.74 Å². The Morgan fingerprint density at radius 3 is 2.94 bits per heavy atom. The Morgan fingerprint density at radius 1 is 1.53 bits per heavy atom. The molecule has 1 unspecified atom stereocenters. The molecule has 1 aromatic rings. The van der Waals surface area contributed by atoms with Crippen LogP contribution in [-0.2, 0) is 29.0 Å². The first kappa shape index (κ1) is 12.2. The molecule has 0 spiro atoms. The molecule has 0 saturated carbocycles. The van der Waals surface area contributed by atoms with E-state index >= 15 is 0 Å². The van der Waals surface area contributed by atoms with Gasteiger partial charge in [0.1, 0.15) is 11.6 Å². The summed E-state index contributed by atoms with van der Waals surface area (Å²) in [5.74, 6) is 0.289. The third kappa shape index (κ3) is 2.91. The summed E-state index contributed by atoms with van der Waals surface area (Å²) >= 11 is -1.84. The van der Waals surface area contributed by atoms with Gasteiger partial charge in [-0.1, -0.05) is 12.1 Å². The van der Waals surface area contributed by atoms with E-state index in [0.29, 0.717) is 18.8 Å². The minimum Gasteiger partial charge on any atom is -0.426 e. The molecule has 0 saturated heterocycles. The molecule has 1 heterocycles. The number of rotatable bonds is 3. The highest BCUT2D eigenvalue weighted by atomic mass is 32.2. The molecule has 6 heteroatoms. The van der Waals surface area contributed by atoms with Crippen LogP contribution >= 0.6 is 0 Å². The maximum Gasteiger partial charge on any atom is 0.308 e. The first-order valence-corrected chi connectivity index (χ1v) is 6.43. The van der Waals surface area contributed by atoms with E-state index in [0.717, 1.165) is 11.1 Å². The quantitative estimate of drug-likeness (QED) is 0.498. The lowest BCUT2D eigenvalue weighted by atomic mass is 10.1. The molecule has 0 radical (unpaired) electrons. The SMILES string of the molecule is CC(=O)Oc1cccc2c1CN(CS(=O)O)C2. The fourth-order valence-corrected chi connectivity index (χ4v) is 2.45. The highest BCUT2D eigenvalue weighted by Gasteiger charge is 2.23. The van der Waals surface area contributed by atoms with Gasteiger partial charge in [0.15, 0.2) is 11.1 Å². The van der Waals surface area contributed by atoms with Crippen LogP contribution in [0.15, 0.2) is 18.2 Å². The molecule has 1 aromatic carbocycles. The van der Waals surface area contributed by atoms with Gasteiger partial charge in [0, 0.05) is 25.6 Å². The number of nitrogens with zero attached hydrogens (tertiary/aromatic N) is 1. The second-order valence-electron chi connectivity index (χ2n) is 3.93. The smallest absolute Gasteiger partial charge is 0.308 e. The Balaban J connectivity index is 2.19. The van der Waals surface area contributed by atoms with Gasteiger partial charge in [0.05, 0.1) is 0 Å². The standard InChI is InChI=1S/C11H13NO4S/c1-8(13)16-11-4-2-3-9-5-12(6-10(9)11)7-17(14)15/h2-4H,5-7H2,1H3,(H,14,15). The molecule has 1 N–H and O–H groups in total. The van der Waals surface area contributed by atoms with E-state index in [1.807, 2.05) is 17.0 Å². The molecule has 1 aliphatic heterocycles. The van der Waals surface area contributed by atoms with E-state index in [1.54, 1.807) is 6.07 Å². The van der Waals surface area contributed by atoms with Gasteiger partial charge < -0.3 is 9.29 Å². The Bertz CT molecular complexity index is 475. The zero-order valence-corrected chi connectivity index (χ0v) is 10.2. The lowest BCUT2D eigenvalue weighted by Gasteiger charge is -2.11. The fraction of sp³-hybridized carbons (Fsp3) is 0.364. The molecular weight excluding hydrogens is 242 g/mol. The number of hydrogen-bond donors (Lipinski definition) is 1. The topological polar surface area (TPSA) is 66.8 Å². The van der Waals surface area contributed by atoms with Gasteiger partial charge in [-0.15, -0.1) is 0 Å². The largest absolute Gasteiger partial charge is 0.426 e.